The fourth-order valence-electron chi connectivity index (χ4n) is 1.64. The van der Waals surface area contributed by atoms with E-state index in [4.69, 9.17) is 14.0 Å². The summed E-state index contributed by atoms with van der Waals surface area (Å²) in [7, 11) is 0.637. The first-order chi connectivity index (χ1) is 9.13. The molecule has 7 heteroatoms. The van der Waals surface area contributed by atoms with E-state index in [0.717, 1.165) is 0 Å². The number of carbonyl (C=O) groups excluding carboxylic acids is 2. The number of rotatable bonds is 3. The number of ether oxygens (including phenoxy) is 1. The predicted molar refractivity (Wildman–Crippen MR) is 67.4 cm³/mol. The molecule has 0 aliphatic carbocycles. The van der Waals surface area contributed by atoms with E-state index >= 15 is 0 Å². The third kappa shape index (κ3) is 4.29. The largest absolute Gasteiger partial charge is 0.639 e. The van der Waals surface area contributed by atoms with Gasteiger partial charge in [-0.3, -0.25) is 14.5 Å². The zero-order valence-electron chi connectivity index (χ0n) is 10.6. The van der Waals surface area contributed by atoms with Crippen LogP contribution < -0.4 is 4.74 Å². The van der Waals surface area contributed by atoms with Crippen molar-refractivity contribution in [2.75, 3.05) is 26.6 Å². The van der Waals surface area contributed by atoms with E-state index in [2.05, 4.69) is 0 Å². The van der Waals surface area contributed by atoms with Crippen molar-refractivity contribution in [2.45, 2.75) is 0 Å². The molecule has 0 amide bonds. The second-order valence-corrected chi connectivity index (χ2v) is 4.21. The van der Waals surface area contributed by atoms with Gasteiger partial charge in [0.25, 0.3) is 0 Å². The second kappa shape index (κ2) is 6.24. The van der Waals surface area contributed by atoms with E-state index in [1.165, 1.54) is 4.90 Å². The normalized spacial score (nSPS) is 17.2. The van der Waals surface area contributed by atoms with Crippen molar-refractivity contribution < 1.29 is 23.6 Å². The van der Waals surface area contributed by atoms with Gasteiger partial charge in [0.2, 0.25) is 0 Å². The Balaban J connectivity index is 1.91. The minimum absolute atomic E-state index is 0.0226. The fraction of sp³-hybridized carbons (Fsp3) is 0.333. The maximum atomic E-state index is 11.5. The molecule has 0 spiro atoms. The van der Waals surface area contributed by atoms with Crippen LogP contribution in [0.2, 0.25) is 0 Å². The molecule has 0 radical (unpaired) electrons. The standard InChI is InChI=1S/C12H14BNO5/c1-14-7-11(15)18-13(19-12(16)8-14)9-17-10-5-3-2-4-6-10/h2-6H,7-9H2,1H3. The van der Waals surface area contributed by atoms with Gasteiger partial charge in [0.05, 0.1) is 13.1 Å². The molecule has 1 aliphatic rings. The number of benzene rings is 1. The summed E-state index contributed by atoms with van der Waals surface area (Å²) in [6.07, 6.45) is 0. The third-order valence-electron chi connectivity index (χ3n) is 2.45. The van der Waals surface area contributed by atoms with Crippen LogP contribution in [0.1, 0.15) is 0 Å². The van der Waals surface area contributed by atoms with Crippen LogP contribution in [0.25, 0.3) is 0 Å². The Bertz CT molecular complexity index is 433. The van der Waals surface area contributed by atoms with Crippen LogP contribution >= 0.6 is 0 Å². The number of carbonyl (C=O) groups is 2. The Morgan fingerprint density at radius 2 is 1.74 bits per heavy atom. The van der Waals surface area contributed by atoms with Gasteiger partial charge in [-0.05, 0) is 19.2 Å². The smallest absolute Gasteiger partial charge is 0.496 e. The summed E-state index contributed by atoms with van der Waals surface area (Å²) in [5.41, 5.74) is 0. The minimum Gasteiger partial charge on any atom is -0.496 e. The van der Waals surface area contributed by atoms with Crippen LogP contribution in [0.5, 0.6) is 5.75 Å². The van der Waals surface area contributed by atoms with Crippen molar-refractivity contribution >= 4 is 19.1 Å². The Morgan fingerprint density at radius 3 is 2.32 bits per heavy atom. The summed E-state index contributed by atoms with van der Waals surface area (Å²) < 4.78 is 15.4. The molecular weight excluding hydrogens is 249 g/mol. The average molecular weight is 263 g/mol. The molecule has 0 aromatic heterocycles. The van der Waals surface area contributed by atoms with E-state index in [9.17, 15) is 9.59 Å². The molecule has 100 valence electrons. The topological polar surface area (TPSA) is 65.1 Å². The highest BCUT2D eigenvalue weighted by molar-refractivity contribution is 6.49. The first-order valence-corrected chi connectivity index (χ1v) is 5.89. The third-order valence-corrected chi connectivity index (χ3v) is 2.45. The molecule has 1 aliphatic heterocycles. The van der Waals surface area contributed by atoms with E-state index in [1.807, 2.05) is 18.2 Å². The first-order valence-electron chi connectivity index (χ1n) is 5.89. The molecule has 19 heavy (non-hydrogen) atoms. The molecule has 0 atom stereocenters. The number of likely N-dealkylation sites (N-methyl/N-ethyl adjacent to an activating group) is 1. The summed E-state index contributed by atoms with van der Waals surface area (Å²) >= 11 is 0. The highest BCUT2D eigenvalue weighted by Gasteiger charge is 2.32. The summed E-state index contributed by atoms with van der Waals surface area (Å²) in [5.74, 6) is -0.276. The van der Waals surface area contributed by atoms with Gasteiger partial charge in [-0.25, -0.2) is 0 Å². The molecule has 6 nitrogen and oxygen atoms in total. The highest BCUT2D eigenvalue weighted by Crippen LogP contribution is 2.09. The molecule has 1 aromatic rings. The fourth-order valence-corrected chi connectivity index (χ4v) is 1.64. The van der Waals surface area contributed by atoms with Crippen molar-refractivity contribution in [3.8, 4) is 5.75 Å². The SMILES string of the molecule is CN1CC(=O)OB(COc2ccccc2)OC(=O)C1. The van der Waals surface area contributed by atoms with Gasteiger partial charge in [-0.15, -0.1) is 0 Å². The van der Waals surface area contributed by atoms with Gasteiger partial charge < -0.3 is 14.0 Å². The molecule has 0 N–H and O–H groups in total. The van der Waals surface area contributed by atoms with Crippen molar-refractivity contribution in [3.05, 3.63) is 30.3 Å². The quantitative estimate of drug-likeness (QED) is 0.722. The van der Waals surface area contributed by atoms with E-state index in [-0.39, 0.29) is 19.6 Å². The Hall–Kier alpha value is -2.02. The van der Waals surface area contributed by atoms with Gasteiger partial charge in [0, 0.05) is 0 Å². The number of nitrogens with zero attached hydrogens (tertiary/aromatic N) is 1. The molecular formula is C12H14BNO5. The van der Waals surface area contributed by atoms with Crippen molar-refractivity contribution in [1.29, 1.82) is 0 Å². The predicted octanol–water partition coefficient (Wildman–Crippen LogP) is 0.125. The lowest BCUT2D eigenvalue weighted by atomic mass is 9.91. The van der Waals surface area contributed by atoms with Gasteiger partial charge >= 0.3 is 19.1 Å². The second-order valence-electron chi connectivity index (χ2n) is 4.21. The Morgan fingerprint density at radius 1 is 1.16 bits per heavy atom. The van der Waals surface area contributed by atoms with Crippen molar-refractivity contribution in [2.24, 2.45) is 0 Å². The van der Waals surface area contributed by atoms with E-state index in [0.29, 0.717) is 5.75 Å². The van der Waals surface area contributed by atoms with Gasteiger partial charge in [-0.2, -0.15) is 0 Å². The van der Waals surface area contributed by atoms with Crippen molar-refractivity contribution in [3.63, 3.8) is 0 Å². The van der Waals surface area contributed by atoms with Crippen LogP contribution in [0.15, 0.2) is 30.3 Å². The summed E-state index contributed by atoms with van der Waals surface area (Å²) in [6, 6.07) is 9.03. The molecule has 0 saturated carbocycles. The summed E-state index contributed by atoms with van der Waals surface area (Å²) in [5, 5.41) is 0. The molecule has 1 saturated heterocycles. The van der Waals surface area contributed by atoms with Gasteiger partial charge in [0.15, 0.2) is 6.51 Å². The maximum Gasteiger partial charge on any atom is 0.639 e. The van der Waals surface area contributed by atoms with E-state index in [1.54, 1.807) is 19.2 Å². The Labute approximate surface area is 111 Å². The van der Waals surface area contributed by atoms with Gasteiger partial charge in [-0.1, -0.05) is 18.2 Å². The zero-order chi connectivity index (χ0) is 13.7. The molecule has 1 fully saturated rings. The van der Waals surface area contributed by atoms with Crippen LogP contribution in [0.4, 0.5) is 0 Å². The van der Waals surface area contributed by atoms with Crippen LogP contribution in [0.3, 0.4) is 0 Å². The van der Waals surface area contributed by atoms with E-state index < -0.39 is 19.1 Å². The minimum atomic E-state index is -1.01. The lowest BCUT2D eigenvalue weighted by Crippen LogP contribution is -2.45. The average Bonchev–Trinajstić information content (AvgIpc) is 2.35. The molecule has 2 rings (SSSR count). The van der Waals surface area contributed by atoms with Crippen LogP contribution in [-0.2, 0) is 18.9 Å². The van der Waals surface area contributed by atoms with Crippen LogP contribution in [0, 0.1) is 0 Å². The highest BCUT2D eigenvalue weighted by atomic mass is 16.7. The lowest BCUT2D eigenvalue weighted by Gasteiger charge is -2.22. The summed E-state index contributed by atoms with van der Waals surface area (Å²) in [4.78, 5) is 24.5. The zero-order valence-corrected chi connectivity index (χ0v) is 10.6. The van der Waals surface area contributed by atoms with Crippen LogP contribution in [-0.4, -0.2) is 50.6 Å². The maximum absolute atomic E-state index is 11.5. The molecule has 0 bridgehead atoms. The molecule has 0 unspecified atom stereocenters. The monoisotopic (exact) mass is 263 g/mol. The summed E-state index contributed by atoms with van der Waals surface area (Å²) in [6.45, 7) is 0.0824. The van der Waals surface area contributed by atoms with Crippen molar-refractivity contribution in [1.82, 2.24) is 4.90 Å². The number of hydrogen-bond donors (Lipinski definition) is 0. The van der Waals surface area contributed by atoms with Gasteiger partial charge in [0.1, 0.15) is 5.75 Å². The number of para-hydroxylation sites is 1. The lowest BCUT2D eigenvalue weighted by molar-refractivity contribution is -0.146. The first kappa shape index (κ1) is 13.4. The molecule has 1 aromatic carbocycles. The number of hydrogen-bond acceptors (Lipinski definition) is 6. The Kier molecular flexibility index (Phi) is 4.41. The molecule has 1 heterocycles.